The zero-order valence-corrected chi connectivity index (χ0v) is 14.6. The summed E-state index contributed by atoms with van der Waals surface area (Å²) in [5, 5.41) is 4.93. The number of amides is 1. The second-order valence-corrected chi connectivity index (χ2v) is 7.81. The van der Waals surface area contributed by atoms with Crippen LogP contribution in [0.3, 0.4) is 0 Å². The molecule has 25 heavy (non-hydrogen) atoms. The third-order valence-electron chi connectivity index (χ3n) is 4.15. The molecular weight excluding hydrogens is 359 g/mol. The summed E-state index contributed by atoms with van der Waals surface area (Å²) >= 11 is 0. The van der Waals surface area contributed by atoms with Gasteiger partial charge in [0.25, 0.3) is 5.91 Å². The van der Waals surface area contributed by atoms with Crippen LogP contribution in [0.2, 0.25) is 0 Å². The third kappa shape index (κ3) is 4.71. The maximum atomic E-state index is 12.7. The molecule has 1 fully saturated rings. The highest BCUT2D eigenvalue weighted by Crippen LogP contribution is 2.22. The van der Waals surface area contributed by atoms with E-state index in [9.17, 15) is 26.4 Å². The number of rotatable bonds is 4. The Morgan fingerprint density at radius 1 is 1.28 bits per heavy atom. The van der Waals surface area contributed by atoms with E-state index in [1.54, 1.807) is 12.2 Å². The molecule has 0 aromatic heterocycles. The Balaban J connectivity index is 2.14. The molecule has 1 amide bonds. The molecule has 1 heterocycles. The Bertz CT molecular complexity index is 720. The van der Waals surface area contributed by atoms with E-state index in [0.29, 0.717) is 13.1 Å². The topological polar surface area (TPSA) is 78.5 Å². The van der Waals surface area contributed by atoms with Gasteiger partial charge in [-0.25, -0.2) is 8.42 Å². The molecule has 2 rings (SSSR count). The van der Waals surface area contributed by atoms with Crippen molar-refractivity contribution in [2.75, 3.05) is 19.6 Å². The molecule has 2 N–H and O–H groups in total. The first-order valence-corrected chi connectivity index (χ1v) is 9.16. The standard InChI is InChI=1S/C15H20F3N3O3S/c1-10-11(2)21(8-7-19-10)25(23,24)13-5-3-12(4-6-13)14(22)20-9-15(16,17)18/h3-6,10-11,19H,7-9H2,1-2H3,(H,20,22). The number of carbonyl (C=O) groups is 1. The molecule has 2 atom stereocenters. The van der Waals surface area contributed by atoms with Crippen LogP contribution in [-0.4, -0.2) is 56.5 Å². The number of benzene rings is 1. The predicted molar refractivity (Wildman–Crippen MR) is 85.6 cm³/mol. The van der Waals surface area contributed by atoms with Crippen LogP contribution in [0.25, 0.3) is 0 Å². The van der Waals surface area contributed by atoms with Crippen LogP contribution < -0.4 is 10.6 Å². The van der Waals surface area contributed by atoms with E-state index in [4.69, 9.17) is 0 Å². The van der Waals surface area contributed by atoms with Crippen molar-refractivity contribution in [3.05, 3.63) is 29.8 Å². The molecule has 0 radical (unpaired) electrons. The molecule has 0 spiro atoms. The van der Waals surface area contributed by atoms with Crippen molar-refractivity contribution in [3.63, 3.8) is 0 Å². The van der Waals surface area contributed by atoms with E-state index in [-0.39, 0.29) is 22.5 Å². The van der Waals surface area contributed by atoms with Crippen molar-refractivity contribution in [1.82, 2.24) is 14.9 Å². The summed E-state index contributed by atoms with van der Waals surface area (Å²) in [7, 11) is -3.74. The average Bonchev–Trinajstić information content (AvgIpc) is 2.54. The summed E-state index contributed by atoms with van der Waals surface area (Å²) in [5.74, 6) is -0.912. The lowest BCUT2D eigenvalue weighted by molar-refractivity contribution is -0.123. The van der Waals surface area contributed by atoms with Gasteiger partial charge >= 0.3 is 6.18 Å². The van der Waals surface area contributed by atoms with Crippen LogP contribution in [0.15, 0.2) is 29.2 Å². The fourth-order valence-electron chi connectivity index (χ4n) is 2.56. The van der Waals surface area contributed by atoms with E-state index < -0.39 is 28.7 Å². The molecule has 2 unspecified atom stereocenters. The first kappa shape index (κ1) is 19.7. The Labute approximate surface area is 144 Å². The van der Waals surface area contributed by atoms with Crippen molar-refractivity contribution < 1.29 is 26.4 Å². The van der Waals surface area contributed by atoms with Gasteiger partial charge in [0, 0.05) is 30.7 Å². The molecule has 1 aliphatic heterocycles. The Morgan fingerprint density at radius 2 is 1.88 bits per heavy atom. The number of carbonyl (C=O) groups excluding carboxylic acids is 1. The summed E-state index contributed by atoms with van der Waals surface area (Å²) in [5.41, 5.74) is -0.0371. The summed E-state index contributed by atoms with van der Waals surface area (Å²) in [6.07, 6.45) is -4.51. The van der Waals surface area contributed by atoms with Crippen LogP contribution in [0, 0.1) is 0 Å². The van der Waals surface area contributed by atoms with Gasteiger partial charge in [-0.1, -0.05) is 0 Å². The zero-order valence-electron chi connectivity index (χ0n) is 13.8. The smallest absolute Gasteiger partial charge is 0.343 e. The maximum Gasteiger partial charge on any atom is 0.405 e. The second kappa shape index (κ2) is 7.30. The SMILES string of the molecule is CC1NCCN(S(=O)(=O)c2ccc(C(=O)NCC(F)(F)F)cc2)C1C. The normalized spacial score (nSPS) is 22.6. The summed E-state index contributed by atoms with van der Waals surface area (Å²) in [6, 6.07) is 4.63. The number of alkyl halides is 3. The summed E-state index contributed by atoms with van der Waals surface area (Å²) in [4.78, 5) is 11.7. The minimum absolute atomic E-state index is 0.000761. The molecule has 10 heteroatoms. The van der Waals surface area contributed by atoms with Gasteiger partial charge in [0.2, 0.25) is 10.0 Å². The molecule has 1 aromatic rings. The number of piperazine rings is 1. The van der Waals surface area contributed by atoms with Crippen molar-refractivity contribution in [2.24, 2.45) is 0 Å². The number of nitrogens with one attached hydrogen (secondary N) is 2. The van der Waals surface area contributed by atoms with Gasteiger partial charge in [-0.05, 0) is 38.1 Å². The highest BCUT2D eigenvalue weighted by Gasteiger charge is 2.34. The lowest BCUT2D eigenvalue weighted by Crippen LogP contribution is -2.57. The van der Waals surface area contributed by atoms with Gasteiger partial charge in [-0.15, -0.1) is 0 Å². The van der Waals surface area contributed by atoms with Crippen LogP contribution >= 0.6 is 0 Å². The van der Waals surface area contributed by atoms with E-state index in [2.05, 4.69) is 5.32 Å². The van der Waals surface area contributed by atoms with Gasteiger partial charge in [0.05, 0.1) is 4.90 Å². The Hall–Kier alpha value is -1.65. The molecule has 0 bridgehead atoms. The number of nitrogens with zero attached hydrogens (tertiary/aromatic N) is 1. The Kier molecular flexibility index (Phi) is 5.75. The molecule has 1 aliphatic rings. The fraction of sp³-hybridized carbons (Fsp3) is 0.533. The molecule has 1 aromatic carbocycles. The van der Waals surface area contributed by atoms with Crippen LogP contribution in [-0.2, 0) is 10.0 Å². The lowest BCUT2D eigenvalue weighted by Gasteiger charge is -2.37. The van der Waals surface area contributed by atoms with Crippen molar-refractivity contribution in [3.8, 4) is 0 Å². The zero-order chi connectivity index (χ0) is 18.8. The molecule has 6 nitrogen and oxygen atoms in total. The van der Waals surface area contributed by atoms with Crippen LogP contribution in [0.4, 0.5) is 13.2 Å². The molecule has 0 aliphatic carbocycles. The van der Waals surface area contributed by atoms with Gasteiger partial charge < -0.3 is 10.6 Å². The second-order valence-electron chi connectivity index (χ2n) is 5.92. The number of hydrogen-bond donors (Lipinski definition) is 2. The number of sulfonamides is 1. The molecular formula is C15H20F3N3O3S. The van der Waals surface area contributed by atoms with Crippen LogP contribution in [0.5, 0.6) is 0 Å². The van der Waals surface area contributed by atoms with Crippen molar-refractivity contribution in [1.29, 1.82) is 0 Å². The quantitative estimate of drug-likeness (QED) is 0.828. The highest BCUT2D eigenvalue weighted by molar-refractivity contribution is 7.89. The first-order valence-electron chi connectivity index (χ1n) is 7.72. The molecule has 140 valence electrons. The largest absolute Gasteiger partial charge is 0.405 e. The predicted octanol–water partition coefficient (Wildman–Crippen LogP) is 1.35. The van der Waals surface area contributed by atoms with Gasteiger partial charge in [0.15, 0.2) is 0 Å². The minimum Gasteiger partial charge on any atom is -0.343 e. The molecule has 0 saturated carbocycles. The summed E-state index contributed by atoms with van der Waals surface area (Å²) in [6.45, 7) is 3.10. The van der Waals surface area contributed by atoms with E-state index >= 15 is 0 Å². The maximum absolute atomic E-state index is 12.7. The monoisotopic (exact) mass is 379 g/mol. The van der Waals surface area contributed by atoms with Crippen molar-refractivity contribution >= 4 is 15.9 Å². The number of hydrogen-bond acceptors (Lipinski definition) is 4. The van der Waals surface area contributed by atoms with Crippen molar-refractivity contribution in [2.45, 2.75) is 37.0 Å². The van der Waals surface area contributed by atoms with Gasteiger partial charge in [-0.2, -0.15) is 17.5 Å². The summed E-state index contributed by atoms with van der Waals surface area (Å²) < 4.78 is 63.2. The third-order valence-corrected chi connectivity index (χ3v) is 6.15. The van der Waals surface area contributed by atoms with Crippen LogP contribution in [0.1, 0.15) is 24.2 Å². The first-order chi connectivity index (χ1) is 11.5. The van der Waals surface area contributed by atoms with Gasteiger partial charge in [0.1, 0.15) is 6.54 Å². The lowest BCUT2D eigenvalue weighted by atomic mass is 10.1. The van der Waals surface area contributed by atoms with E-state index in [0.717, 1.165) is 0 Å². The minimum atomic E-state index is -4.51. The number of halogens is 3. The molecule has 1 saturated heterocycles. The highest BCUT2D eigenvalue weighted by atomic mass is 32.2. The van der Waals surface area contributed by atoms with Gasteiger partial charge in [-0.3, -0.25) is 4.79 Å². The average molecular weight is 379 g/mol. The Morgan fingerprint density at radius 3 is 2.44 bits per heavy atom. The fourth-order valence-corrected chi connectivity index (χ4v) is 4.26. The van der Waals surface area contributed by atoms with E-state index in [1.165, 1.54) is 28.6 Å². The van der Waals surface area contributed by atoms with E-state index in [1.807, 2.05) is 6.92 Å².